The Bertz CT molecular complexity index is 455. The zero-order valence-electron chi connectivity index (χ0n) is 13.5. The van der Waals surface area contributed by atoms with Crippen molar-refractivity contribution < 1.29 is 13.9 Å². The summed E-state index contributed by atoms with van der Waals surface area (Å²) < 4.78 is 18.5. The van der Waals surface area contributed by atoms with E-state index in [0.29, 0.717) is 0 Å². The van der Waals surface area contributed by atoms with Gasteiger partial charge in [0.15, 0.2) is 0 Å². The Hall–Kier alpha value is -1.38. The number of halogens is 1. The van der Waals surface area contributed by atoms with Crippen LogP contribution in [-0.4, -0.2) is 12.1 Å². The molecule has 0 aliphatic carbocycles. The van der Waals surface area contributed by atoms with Crippen LogP contribution in [0.2, 0.25) is 0 Å². The molecular formula is C19H27FO2. The SMILES string of the molecule is CCCCCCCCC1CCC(c2ccc(F)cc2)C(=O)O1. The highest BCUT2D eigenvalue weighted by Crippen LogP contribution is 2.31. The zero-order chi connectivity index (χ0) is 15.8. The smallest absolute Gasteiger partial charge is 0.313 e. The lowest BCUT2D eigenvalue weighted by Gasteiger charge is -2.28. The lowest BCUT2D eigenvalue weighted by atomic mass is 9.89. The minimum Gasteiger partial charge on any atom is -0.462 e. The van der Waals surface area contributed by atoms with Crippen molar-refractivity contribution >= 4 is 5.97 Å². The molecular weight excluding hydrogens is 279 g/mol. The summed E-state index contributed by atoms with van der Waals surface area (Å²) in [7, 11) is 0. The van der Waals surface area contributed by atoms with Crippen LogP contribution < -0.4 is 0 Å². The van der Waals surface area contributed by atoms with E-state index in [1.807, 2.05) is 0 Å². The van der Waals surface area contributed by atoms with Crippen LogP contribution in [0.4, 0.5) is 4.39 Å². The zero-order valence-corrected chi connectivity index (χ0v) is 13.5. The first kappa shape index (κ1) is 17.0. The summed E-state index contributed by atoms with van der Waals surface area (Å²) in [4.78, 5) is 12.1. The third kappa shape index (κ3) is 5.11. The van der Waals surface area contributed by atoms with Gasteiger partial charge in [0.1, 0.15) is 11.9 Å². The predicted molar refractivity (Wildman–Crippen MR) is 86.2 cm³/mol. The molecule has 0 saturated carbocycles. The molecule has 0 amide bonds. The van der Waals surface area contributed by atoms with Crippen LogP contribution in [0.25, 0.3) is 0 Å². The minimum absolute atomic E-state index is 0.0790. The standard InChI is InChI=1S/C19H27FO2/c1-2-3-4-5-6-7-8-17-13-14-18(19(21)22-17)15-9-11-16(20)12-10-15/h9-12,17-18H,2-8,13-14H2,1H3. The molecule has 1 aliphatic rings. The Morgan fingerprint density at radius 3 is 2.41 bits per heavy atom. The number of hydrogen-bond donors (Lipinski definition) is 0. The molecule has 2 rings (SSSR count). The Morgan fingerprint density at radius 1 is 1.05 bits per heavy atom. The fourth-order valence-corrected chi connectivity index (χ4v) is 3.13. The van der Waals surface area contributed by atoms with Gasteiger partial charge in [-0.15, -0.1) is 0 Å². The van der Waals surface area contributed by atoms with Gasteiger partial charge in [0.25, 0.3) is 0 Å². The van der Waals surface area contributed by atoms with Crippen LogP contribution in [0, 0.1) is 5.82 Å². The van der Waals surface area contributed by atoms with E-state index in [0.717, 1.165) is 31.2 Å². The third-order valence-electron chi connectivity index (χ3n) is 4.50. The van der Waals surface area contributed by atoms with Crippen molar-refractivity contribution in [3.63, 3.8) is 0 Å². The van der Waals surface area contributed by atoms with Crippen molar-refractivity contribution in [2.45, 2.75) is 76.7 Å². The third-order valence-corrected chi connectivity index (χ3v) is 4.50. The van der Waals surface area contributed by atoms with Gasteiger partial charge in [-0.3, -0.25) is 4.79 Å². The molecule has 1 aromatic carbocycles. The Kier molecular flexibility index (Phi) is 6.88. The number of benzene rings is 1. The monoisotopic (exact) mass is 306 g/mol. The summed E-state index contributed by atoms with van der Waals surface area (Å²) in [6.07, 6.45) is 10.3. The average Bonchev–Trinajstić information content (AvgIpc) is 2.52. The van der Waals surface area contributed by atoms with Crippen molar-refractivity contribution in [2.24, 2.45) is 0 Å². The van der Waals surface area contributed by atoms with E-state index in [4.69, 9.17) is 4.74 Å². The molecule has 1 fully saturated rings. The molecule has 3 heteroatoms. The highest BCUT2D eigenvalue weighted by Gasteiger charge is 2.30. The number of hydrogen-bond acceptors (Lipinski definition) is 2. The van der Waals surface area contributed by atoms with E-state index >= 15 is 0 Å². The maximum absolute atomic E-state index is 12.9. The molecule has 1 saturated heterocycles. The number of rotatable bonds is 8. The van der Waals surface area contributed by atoms with E-state index in [1.165, 1.54) is 44.2 Å². The van der Waals surface area contributed by atoms with Crippen molar-refractivity contribution in [3.05, 3.63) is 35.6 Å². The summed E-state index contributed by atoms with van der Waals surface area (Å²) in [6, 6.07) is 6.20. The Morgan fingerprint density at radius 2 is 1.73 bits per heavy atom. The van der Waals surface area contributed by atoms with E-state index < -0.39 is 0 Å². The van der Waals surface area contributed by atoms with E-state index in [9.17, 15) is 9.18 Å². The molecule has 0 radical (unpaired) electrons. The molecule has 122 valence electrons. The summed E-state index contributed by atoms with van der Waals surface area (Å²) >= 11 is 0. The van der Waals surface area contributed by atoms with Crippen LogP contribution >= 0.6 is 0 Å². The first-order chi connectivity index (χ1) is 10.7. The molecule has 0 bridgehead atoms. The number of unbranched alkanes of at least 4 members (excludes halogenated alkanes) is 5. The molecule has 1 heterocycles. The summed E-state index contributed by atoms with van der Waals surface area (Å²) in [5.74, 6) is -0.635. The highest BCUT2D eigenvalue weighted by molar-refractivity contribution is 5.79. The first-order valence-corrected chi connectivity index (χ1v) is 8.66. The minimum atomic E-state index is -0.270. The molecule has 0 N–H and O–H groups in total. The maximum Gasteiger partial charge on any atom is 0.313 e. The molecule has 2 atom stereocenters. The molecule has 0 aromatic heterocycles. The largest absolute Gasteiger partial charge is 0.462 e. The van der Waals surface area contributed by atoms with Crippen LogP contribution in [0.15, 0.2) is 24.3 Å². The second-order valence-electron chi connectivity index (χ2n) is 6.30. The lowest BCUT2D eigenvalue weighted by molar-refractivity contribution is -0.156. The Balaban J connectivity index is 1.71. The van der Waals surface area contributed by atoms with Gasteiger partial charge in [-0.05, 0) is 43.4 Å². The normalized spacial score (nSPS) is 21.6. The number of cyclic esters (lactones) is 1. The first-order valence-electron chi connectivity index (χ1n) is 8.66. The number of esters is 1. The molecule has 1 aromatic rings. The second kappa shape index (κ2) is 8.92. The van der Waals surface area contributed by atoms with Crippen molar-refractivity contribution in [3.8, 4) is 0 Å². The van der Waals surface area contributed by atoms with Crippen molar-refractivity contribution in [1.29, 1.82) is 0 Å². The Labute approximate surface area is 133 Å². The van der Waals surface area contributed by atoms with E-state index in [1.54, 1.807) is 12.1 Å². The molecule has 22 heavy (non-hydrogen) atoms. The van der Waals surface area contributed by atoms with Crippen molar-refractivity contribution in [1.82, 2.24) is 0 Å². The van der Waals surface area contributed by atoms with E-state index in [-0.39, 0.29) is 23.8 Å². The van der Waals surface area contributed by atoms with Gasteiger partial charge < -0.3 is 4.74 Å². The fraction of sp³-hybridized carbons (Fsp3) is 0.632. The number of carbonyl (C=O) groups excluding carboxylic acids is 1. The van der Waals surface area contributed by atoms with Gasteiger partial charge in [-0.25, -0.2) is 4.39 Å². The van der Waals surface area contributed by atoms with Gasteiger partial charge in [0.05, 0.1) is 5.92 Å². The van der Waals surface area contributed by atoms with Gasteiger partial charge >= 0.3 is 5.97 Å². The average molecular weight is 306 g/mol. The number of carbonyl (C=O) groups is 1. The fourth-order valence-electron chi connectivity index (χ4n) is 3.13. The highest BCUT2D eigenvalue weighted by atomic mass is 19.1. The molecule has 1 aliphatic heterocycles. The second-order valence-corrected chi connectivity index (χ2v) is 6.30. The predicted octanol–water partition coefficient (Wildman–Crippen LogP) is 5.37. The van der Waals surface area contributed by atoms with Crippen LogP contribution in [0.5, 0.6) is 0 Å². The summed E-state index contributed by atoms with van der Waals surface area (Å²) in [6.45, 7) is 2.22. The summed E-state index contributed by atoms with van der Waals surface area (Å²) in [5, 5.41) is 0. The van der Waals surface area contributed by atoms with Crippen LogP contribution in [0.3, 0.4) is 0 Å². The van der Waals surface area contributed by atoms with Crippen molar-refractivity contribution in [2.75, 3.05) is 0 Å². The van der Waals surface area contributed by atoms with Gasteiger partial charge in [-0.2, -0.15) is 0 Å². The molecule has 0 spiro atoms. The molecule has 2 nitrogen and oxygen atoms in total. The van der Waals surface area contributed by atoms with Crippen LogP contribution in [-0.2, 0) is 9.53 Å². The van der Waals surface area contributed by atoms with Gasteiger partial charge in [0.2, 0.25) is 0 Å². The maximum atomic E-state index is 12.9. The van der Waals surface area contributed by atoms with Crippen LogP contribution in [0.1, 0.15) is 76.2 Å². The summed E-state index contributed by atoms with van der Waals surface area (Å²) in [5.41, 5.74) is 0.865. The lowest BCUT2D eigenvalue weighted by Crippen LogP contribution is -2.29. The van der Waals surface area contributed by atoms with Gasteiger partial charge in [0, 0.05) is 0 Å². The molecule has 2 unspecified atom stereocenters. The van der Waals surface area contributed by atoms with E-state index in [2.05, 4.69) is 6.92 Å². The quantitative estimate of drug-likeness (QED) is 0.477. The number of ether oxygens (including phenoxy) is 1. The topological polar surface area (TPSA) is 26.3 Å². The van der Waals surface area contributed by atoms with Gasteiger partial charge in [-0.1, -0.05) is 51.2 Å².